The molecule has 1 heterocycles. The van der Waals surface area contributed by atoms with Crippen LogP contribution in [0.2, 0.25) is 0 Å². The van der Waals surface area contributed by atoms with Crippen LogP contribution in [0.5, 0.6) is 17.2 Å². The summed E-state index contributed by atoms with van der Waals surface area (Å²) in [5, 5.41) is 13.3. The fourth-order valence-corrected chi connectivity index (χ4v) is 4.53. The molecule has 0 saturated carbocycles. The molecule has 0 aliphatic heterocycles. The monoisotopic (exact) mass is 609 g/mol. The van der Waals surface area contributed by atoms with E-state index in [9.17, 15) is 9.59 Å². The third kappa shape index (κ3) is 7.03. The molecular weight excluding hydrogens is 586 g/mol. The maximum Gasteiger partial charge on any atom is 0.308 e. The Bertz CT molecular complexity index is 1470. The number of benzene rings is 3. The fourth-order valence-electron chi connectivity index (χ4n) is 3.52. The molecule has 10 nitrogen and oxygen atoms in total. The quantitative estimate of drug-likeness (QED) is 0.0888. The van der Waals surface area contributed by atoms with Crippen molar-refractivity contribution in [2.24, 2.45) is 5.10 Å². The van der Waals surface area contributed by atoms with Crippen LogP contribution in [0.25, 0.3) is 17.1 Å². The number of carbonyl (C=O) groups is 2. The summed E-state index contributed by atoms with van der Waals surface area (Å²) >= 11 is 4.70. The van der Waals surface area contributed by atoms with Gasteiger partial charge in [-0.2, -0.15) is 5.10 Å². The first-order chi connectivity index (χ1) is 18.9. The lowest BCUT2D eigenvalue weighted by atomic mass is 10.2. The number of thioether (sulfide) groups is 1. The van der Waals surface area contributed by atoms with Crippen molar-refractivity contribution in [2.75, 3.05) is 20.0 Å². The molecule has 0 unspecified atom stereocenters. The highest BCUT2D eigenvalue weighted by atomic mass is 79.9. The van der Waals surface area contributed by atoms with Crippen molar-refractivity contribution in [3.63, 3.8) is 0 Å². The van der Waals surface area contributed by atoms with Crippen LogP contribution in [0.3, 0.4) is 0 Å². The topological polar surface area (TPSA) is 117 Å². The van der Waals surface area contributed by atoms with Gasteiger partial charge in [-0.15, -0.1) is 10.2 Å². The lowest BCUT2D eigenvalue weighted by Gasteiger charge is -2.13. The summed E-state index contributed by atoms with van der Waals surface area (Å²) in [5.41, 5.74) is 4.84. The average molecular weight is 610 g/mol. The molecule has 1 N–H and O–H groups in total. The van der Waals surface area contributed by atoms with Crippen LogP contribution in [-0.2, 0) is 9.59 Å². The van der Waals surface area contributed by atoms with E-state index >= 15 is 0 Å². The van der Waals surface area contributed by atoms with Crippen molar-refractivity contribution >= 4 is 45.8 Å². The molecule has 0 aliphatic carbocycles. The van der Waals surface area contributed by atoms with E-state index in [1.165, 1.54) is 39.1 Å². The molecule has 3 aromatic carbocycles. The van der Waals surface area contributed by atoms with Crippen LogP contribution in [0.4, 0.5) is 0 Å². The lowest BCUT2D eigenvalue weighted by Crippen LogP contribution is -2.20. The SMILES string of the molecule is COc1cc(/C=N/NC(=O)CSc2nnc(-c3ccc(Br)cc3)n2-c2ccccc2)cc(OC)c1OC(C)=O. The molecule has 1 amide bonds. The molecular formula is C27H24BrN5O5S. The summed E-state index contributed by atoms with van der Waals surface area (Å²) in [6, 6.07) is 20.7. The van der Waals surface area contributed by atoms with Crippen LogP contribution in [-0.4, -0.2) is 52.8 Å². The van der Waals surface area contributed by atoms with Gasteiger partial charge in [-0.3, -0.25) is 14.2 Å². The summed E-state index contributed by atoms with van der Waals surface area (Å²) in [4.78, 5) is 24.0. The minimum absolute atomic E-state index is 0.0562. The number of esters is 1. The number of aromatic nitrogens is 3. The molecule has 39 heavy (non-hydrogen) atoms. The van der Waals surface area contributed by atoms with Crippen molar-refractivity contribution in [2.45, 2.75) is 12.1 Å². The fraction of sp³-hybridized carbons (Fsp3) is 0.148. The number of halogens is 1. The van der Waals surface area contributed by atoms with E-state index in [0.29, 0.717) is 16.5 Å². The molecule has 0 atom stereocenters. The zero-order valence-electron chi connectivity index (χ0n) is 21.3. The number of methoxy groups -OCH3 is 2. The van der Waals surface area contributed by atoms with Gasteiger partial charge >= 0.3 is 5.97 Å². The van der Waals surface area contributed by atoms with Gasteiger partial charge in [-0.1, -0.05) is 58.0 Å². The molecule has 0 fully saturated rings. The third-order valence-electron chi connectivity index (χ3n) is 5.21. The molecule has 0 spiro atoms. The van der Waals surface area contributed by atoms with Crippen LogP contribution < -0.4 is 19.6 Å². The van der Waals surface area contributed by atoms with E-state index in [1.54, 1.807) is 12.1 Å². The van der Waals surface area contributed by atoms with Crippen LogP contribution >= 0.6 is 27.7 Å². The molecule has 0 radical (unpaired) electrons. The Labute approximate surface area is 237 Å². The Morgan fingerprint density at radius 2 is 1.69 bits per heavy atom. The number of hydrogen-bond donors (Lipinski definition) is 1. The summed E-state index contributed by atoms with van der Waals surface area (Å²) in [7, 11) is 2.88. The number of nitrogens with one attached hydrogen (secondary N) is 1. The molecule has 4 rings (SSSR count). The average Bonchev–Trinajstić information content (AvgIpc) is 3.37. The van der Waals surface area contributed by atoms with Gasteiger partial charge in [-0.25, -0.2) is 5.43 Å². The van der Waals surface area contributed by atoms with Crippen molar-refractivity contribution in [3.8, 4) is 34.3 Å². The number of rotatable bonds is 10. The van der Waals surface area contributed by atoms with E-state index in [0.717, 1.165) is 15.7 Å². The van der Waals surface area contributed by atoms with Gasteiger partial charge < -0.3 is 14.2 Å². The summed E-state index contributed by atoms with van der Waals surface area (Å²) in [6.07, 6.45) is 1.43. The smallest absolute Gasteiger partial charge is 0.308 e. The maximum absolute atomic E-state index is 12.6. The number of hydrazone groups is 1. The zero-order valence-corrected chi connectivity index (χ0v) is 23.7. The number of carbonyl (C=O) groups excluding carboxylic acids is 2. The van der Waals surface area contributed by atoms with E-state index in [2.05, 4.69) is 36.7 Å². The first-order valence-electron chi connectivity index (χ1n) is 11.6. The summed E-state index contributed by atoms with van der Waals surface area (Å²) < 4.78 is 18.7. The van der Waals surface area contributed by atoms with Crippen molar-refractivity contribution < 1.29 is 23.8 Å². The zero-order chi connectivity index (χ0) is 27.8. The van der Waals surface area contributed by atoms with Crippen LogP contribution in [0.15, 0.2) is 81.5 Å². The van der Waals surface area contributed by atoms with E-state index < -0.39 is 5.97 Å². The van der Waals surface area contributed by atoms with Gasteiger partial charge in [0.05, 0.1) is 26.2 Å². The number of hydrogen-bond acceptors (Lipinski definition) is 9. The second-order valence-corrected chi connectivity index (χ2v) is 9.77. The highest BCUT2D eigenvalue weighted by Gasteiger charge is 2.18. The van der Waals surface area contributed by atoms with E-state index in [-0.39, 0.29) is 28.9 Å². The highest BCUT2D eigenvalue weighted by Crippen LogP contribution is 2.38. The first-order valence-corrected chi connectivity index (χ1v) is 13.3. The van der Waals surface area contributed by atoms with Gasteiger partial charge in [0.1, 0.15) is 0 Å². The lowest BCUT2D eigenvalue weighted by molar-refractivity contribution is -0.132. The third-order valence-corrected chi connectivity index (χ3v) is 6.67. The van der Waals surface area contributed by atoms with Gasteiger partial charge in [0.15, 0.2) is 22.5 Å². The largest absolute Gasteiger partial charge is 0.493 e. The molecule has 0 saturated heterocycles. The van der Waals surface area contributed by atoms with Crippen molar-refractivity contribution in [1.82, 2.24) is 20.2 Å². The van der Waals surface area contributed by atoms with Crippen LogP contribution in [0.1, 0.15) is 12.5 Å². The first kappa shape index (κ1) is 27.9. The Hall–Kier alpha value is -4.16. The second-order valence-electron chi connectivity index (χ2n) is 7.91. The summed E-state index contributed by atoms with van der Waals surface area (Å²) in [5.74, 6) is 0.611. The van der Waals surface area contributed by atoms with Gasteiger partial charge in [0, 0.05) is 28.2 Å². The Kier molecular flexibility index (Phi) is 9.34. The Morgan fingerprint density at radius 1 is 1.03 bits per heavy atom. The van der Waals surface area contributed by atoms with Gasteiger partial charge in [0.25, 0.3) is 5.91 Å². The van der Waals surface area contributed by atoms with E-state index in [4.69, 9.17) is 14.2 Å². The predicted molar refractivity (Wildman–Crippen MR) is 152 cm³/mol. The predicted octanol–water partition coefficient (Wildman–Crippen LogP) is 4.88. The molecule has 12 heteroatoms. The van der Waals surface area contributed by atoms with Crippen LogP contribution in [0, 0.1) is 0 Å². The standard InChI is InChI=1S/C27H24BrN5O5S/c1-17(34)38-25-22(36-2)13-18(14-23(25)37-3)15-29-30-24(35)16-39-27-32-31-26(19-9-11-20(28)12-10-19)33(27)21-7-5-4-6-8-21/h4-15H,16H2,1-3H3,(H,30,35)/b29-15+. The molecule has 0 aliphatic rings. The number of ether oxygens (including phenoxy) is 3. The minimum atomic E-state index is -0.509. The number of para-hydroxylation sites is 1. The van der Waals surface area contributed by atoms with Crippen molar-refractivity contribution in [1.29, 1.82) is 0 Å². The summed E-state index contributed by atoms with van der Waals surface area (Å²) in [6.45, 7) is 1.28. The molecule has 4 aromatic rings. The number of nitrogens with zero attached hydrogens (tertiary/aromatic N) is 4. The Balaban J connectivity index is 1.47. The van der Waals surface area contributed by atoms with Crippen molar-refractivity contribution in [3.05, 3.63) is 76.8 Å². The second kappa shape index (κ2) is 13.1. The Morgan fingerprint density at radius 3 is 2.31 bits per heavy atom. The normalized spacial score (nSPS) is 10.9. The minimum Gasteiger partial charge on any atom is -0.493 e. The van der Waals surface area contributed by atoms with Gasteiger partial charge in [-0.05, 0) is 36.4 Å². The van der Waals surface area contributed by atoms with E-state index in [1.807, 2.05) is 59.2 Å². The molecule has 0 bridgehead atoms. The highest BCUT2D eigenvalue weighted by molar-refractivity contribution is 9.10. The molecule has 200 valence electrons. The maximum atomic E-state index is 12.6. The number of amides is 1. The van der Waals surface area contributed by atoms with Gasteiger partial charge in [0.2, 0.25) is 5.75 Å². The molecule has 1 aromatic heterocycles.